The summed E-state index contributed by atoms with van der Waals surface area (Å²) in [6, 6.07) is 26.8. The van der Waals surface area contributed by atoms with Crippen LogP contribution in [0.25, 0.3) is 0 Å². The molecule has 1 amide bonds. The van der Waals surface area contributed by atoms with E-state index in [1.807, 2.05) is 67.7 Å². The first-order valence-electron chi connectivity index (χ1n) is 10.7. The molecule has 0 aliphatic carbocycles. The van der Waals surface area contributed by atoms with Crippen molar-refractivity contribution < 1.29 is 42.2 Å². The first kappa shape index (κ1) is 28.9. The van der Waals surface area contributed by atoms with Gasteiger partial charge in [-0.15, -0.1) is 0 Å². The van der Waals surface area contributed by atoms with E-state index in [4.69, 9.17) is 9.47 Å². The number of carbonyl (C=O) groups excluding carboxylic acids is 1. The molecular weight excluding hydrogens is 456 g/mol. The highest BCUT2D eigenvalue weighted by atomic mass is 35.5. The number of aliphatic hydroxyl groups excluding tert-OH is 1. The van der Waals surface area contributed by atoms with Crippen molar-refractivity contribution in [1.82, 2.24) is 5.32 Å². The molecule has 0 aromatic heterocycles. The number of carbonyl (C=O) groups is 1. The molecule has 0 bridgehead atoms. The summed E-state index contributed by atoms with van der Waals surface area (Å²) in [5.41, 5.74) is 2.05. The zero-order valence-electron chi connectivity index (χ0n) is 19.4. The Hall–Kier alpha value is -3.10. The van der Waals surface area contributed by atoms with Gasteiger partial charge in [-0.2, -0.15) is 0 Å². The van der Waals surface area contributed by atoms with Crippen molar-refractivity contribution in [3.63, 3.8) is 0 Å². The third-order valence-corrected chi connectivity index (χ3v) is 5.12. The lowest BCUT2D eigenvalue weighted by molar-refractivity contribution is -0.874. The standard InChI is InChI=1S/C26H30N2O4.ClH.H2O/c1-28(17-22(29)19-32-24-15-13-23(31-2)14-16-24)18-25(30)27-26(20-9-5-3-6-10-20)21-11-7-4-8-12-21;;/h3-16,22,26,29H,17-19H2,1-2H3,(H,27,30);1H;1H2. The fourth-order valence-corrected chi connectivity index (χ4v) is 3.53. The van der Waals surface area contributed by atoms with Crippen LogP contribution in [0.1, 0.15) is 17.2 Å². The molecule has 8 heteroatoms. The molecule has 184 valence electrons. The average Bonchev–Trinajstić information content (AvgIpc) is 2.82. The SMILES string of the molecule is COc1ccc(OCC(O)C[NH+](C)CC(=O)NC(c2ccccc2)c2ccccc2)cc1.O.[Cl-]. The summed E-state index contributed by atoms with van der Waals surface area (Å²) in [5, 5.41) is 13.5. The zero-order valence-corrected chi connectivity index (χ0v) is 20.2. The van der Waals surface area contributed by atoms with E-state index in [1.165, 1.54) is 0 Å². The van der Waals surface area contributed by atoms with Gasteiger partial charge in [0.15, 0.2) is 6.54 Å². The summed E-state index contributed by atoms with van der Waals surface area (Å²) in [4.78, 5) is 13.7. The Labute approximate surface area is 207 Å². The number of ether oxygens (including phenoxy) is 2. The molecule has 3 aromatic carbocycles. The van der Waals surface area contributed by atoms with Gasteiger partial charge in [0, 0.05) is 0 Å². The average molecular weight is 489 g/mol. The maximum Gasteiger partial charge on any atom is 0.275 e. The molecule has 0 radical (unpaired) electrons. The highest BCUT2D eigenvalue weighted by molar-refractivity contribution is 5.77. The zero-order chi connectivity index (χ0) is 22.8. The Balaban J connectivity index is 0.00000289. The van der Waals surface area contributed by atoms with E-state index in [9.17, 15) is 9.90 Å². The highest BCUT2D eigenvalue weighted by Crippen LogP contribution is 2.21. The molecule has 3 rings (SSSR count). The Morgan fingerprint density at radius 3 is 1.91 bits per heavy atom. The lowest BCUT2D eigenvalue weighted by Crippen LogP contribution is -3.11. The molecule has 0 aliphatic heterocycles. The molecule has 0 spiro atoms. The minimum Gasteiger partial charge on any atom is -1.00 e. The molecule has 0 aliphatic rings. The number of amides is 1. The minimum atomic E-state index is -0.691. The topological polar surface area (TPSA) is 104 Å². The number of quaternary nitrogens is 1. The van der Waals surface area contributed by atoms with Crippen LogP contribution in [0.2, 0.25) is 0 Å². The summed E-state index contributed by atoms with van der Waals surface area (Å²) in [6.45, 7) is 0.794. The van der Waals surface area contributed by atoms with Crippen LogP contribution in [0.4, 0.5) is 0 Å². The molecular formula is C26H33ClN2O5. The van der Waals surface area contributed by atoms with Gasteiger partial charge in [0.2, 0.25) is 0 Å². The fraction of sp³-hybridized carbons (Fsp3) is 0.269. The number of aliphatic hydroxyl groups is 1. The Morgan fingerprint density at radius 1 is 0.912 bits per heavy atom. The highest BCUT2D eigenvalue weighted by Gasteiger charge is 2.20. The van der Waals surface area contributed by atoms with Crippen molar-refractivity contribution in [2.45, 2.75) is 12.1 Å². The fourth-order valence-electron chi connectivity index (χ4n) is 3.53. The van der Waals surface area contributed by atoms with Crippen molar-refractivity contribution in [2.24, 2.45) is 0 Å². The summed E-state index contributed by atoms with van der Waals surface area (Å²) >= 11 is 0. The number of hydrogen-bond donors (Lipinski definition) is 3. The number of benzene rings is 3. The lowest BCUT2D eigenvalue weighted by atomic mass is 9.99. The smallest absolute Gasteiger partial charge is 0.275 e. The van der Waals surface area contributed by atoms with Gasteiger partial charge in [-0.1, -0.05) is 60.7 Å². The molecule has 5 N–H and O–H groups in total. The predicted octanol–water partition coefficient (Wildman–Crippen LogP) is -1.97. The number of methoxy groups -OCH3 is 1. The normalized spacial score (nSPS) is 12.0. The van der Waals surface area contributed by atoms with Crippen LogP contribution in [0.5, 0.6) is 11.5 Å². The van der Waals surface area contributed by atoms with E-state index >= 15 is 0 Å². The number of hydrogen-bond acceptors (Lipinski definition) is 4. The third-order valence-electron chi connectivity index (χ3n) is 5.12. The van der Waals surface area contributed by atoms with Gasteiger partial charge in [0.05, 0.1) is 20.2 Å². The van der Waals surface area contributed by atoms with Crippen LogP contribution < -0.4 is 32.1 Å². The minimum absolute atomic E-state index is 0. The molecule has 2 unspecified atom stereocenters. The Bertz CT molecular complexity index is 918. The van der Waals surface area contributed by atoms with Crippen LogP contribution in [0, 0.1) is 0 Å². The Morgan fingerprint density at radius 2 is 1.41 bits per heavy atom. The molecule has 2 atom stereocenters. The quantitative estimate of drug-likeness (QED) is 0.291. The van der Waals surface area contributed by atoms with Gasteiger partial charge in [-0.3, -0.25) is 4.79 Å². The number of halogens is 1. The first-order chi connectivity index (χ1) is 15.5. The largest absolute Gasteiger partial charge is 1.00 e. The predicted molar refractivity (Wildman–Crippen MR) is 128 cm³/mol. The maximum atomic E-state index is 12.8. The van der Waals surface area contributed by atoms with Crippen LogP contribution >= 0.6 is 0 Å². The number of likely N-dealkylation sites (N-methyl/N-ethyl adjacent to an activating group) is 1. The van der Waals surface area contributed by atoms with E-state index in [1.54, 1.807) is 31.4 Å². The van der Waals surface area contributed by atoms with Gasteiger partial charge < -0.3 is 42.7 Å². The summed E-state index contributed by atoms with van der Waals surface area (Å²) in [5.74, 6) is 1.33. The Kier molecular flexibility index (Phi) is 12.7. The van der Waals surface area contributed by atoms with E-state index in [0.717, 1.165) is 21.8 Å². The second kappa shape index (κ2) is 14.9. The van der Waals surface area contributed by atoms with Crippen molar-refractivity contribution >= 4 is 5.91 Å². The molecule has 3 aromatic rings. The summed E-state index contributed by atoms with van der Waals surface area (Å²) < 4.78 is 10.8. The first-order valence-corrected chi connectivity index (χ1v) is 10.7. The second-order valence-electron chi connectivity index (χ2n) is 7.80. The lowest BCUT2D eigenvalue weighted by Gasteiger charge is -2.22. The van der Waals surface area contributed by atoms with Gasteiger partial charge in [-0.25, -0.2) is 0 Å². The summed E-state index contributed by atoms with van der Waals surface area (Å²) in [6.07, 6.45) is -0.691. The van der Waals surface area contributed by atoms with Gasteiger partial charge in [0.1, 0.15) is 30.8 Å². The van der Waals surface area contributed by atoms with E-state index in [2.05, 4.69) is 5.32 Å². The summed E-state index contributed by atoms with van der Waals surface area (Å²) in [7, 11) is 3.49. The van der Waals surface area contributed by atoms with Gasteiger partial charge in [-0.05, 0) is 35.4 Å². The van der Waals surface area contributed by atoms with Crippen LogP contribution in [0.3, 0.4) is 0 Å². The van der Waals surface area contributed by atoms with Crippen molar-refractivity contribution in [2.75, 3.05) is 33.9 Å². The van der Waals surface area contributed by atoms with Gasteiger partial charge in [0.25, 0.3) is 5.91 Å². The molecule has 7 nitrogen and oxygen atoms in total. The molecule has 0 heterocycles. The van der Waals surface area contributed by atoms with Crippen LogP contribution in [-0.4, -0.2) is 56.4 Å². The van der Waals surface area contributed by atoms with E-state index in [-0.39, 0.29) is 43.0 Å². The number of nitrogens with one attached hydrogen (secondary N) is 2. The van der Waals surface area contributed by atoms with Crippen LogP contribution in [0.15, 0.2) is 84.9 Å². The molecule has 0 fully saturated rings. The molecule has 0 saturated heterocycles. The van der Waals surface area contributed by atoms with E-state index in [0.29, 0.717) is 12.3 Å². The van der Waals surface area contributed by atoms with Crippen LogP contribution in [-0.2, 0) is 4.79 Å². The van der Waals surface area contributed by atoms with E-state index < -0.39 is 6.10 Å². The molecule has 0 saturated carbocycles. The third kappa shape index (κ3) is 9.03. The maximum absolute atomic E-state index is 12.8. The van der Waals surface area contributed by atoms with Crippen molar-refractivity contribution in [3.8, 4) is 11.5 Å². The second-order valence-corrected chi connectivity index (χ2v) is 7.80. The van der Waals surface area contributed by atoms with Crippen molar-refractivity contribution in [3.05, 3.63) is 96.1 Å². The van der Waals surface area contributed by atoms with Crippen molar-refractivity contribution in [1.29, 1.82) is 0 Å². The van der Waals surface area contributed by atoms with Gasteiger partial charge >= 0.3 is 0 Å². The number of rotatable bonds is 11. The monoisotopic (exact) mass is 488 g/mol. The molecule has 34 heavy (non-hydrogen) atoms.